The molecule has 0 aliphatic carbocycles. The summed E-state index contributed by atoms with van der Waals surface area (Å²) in [6, 6.07) is 0. The summed E-state index contributed by atoms with van der Waals surface area (Å²) < 4.78 is 0. The molecule has 0 atom stereocenters. The van der Waals surface area contributed by atoms with Crippen LogP contribution < -0.4 is 11.1 Å². The zero-order valence-corrected chi connectivity index (χ0v) is 4.65. The third-order valence-corrected chi connectivity index (χ3v) is 0.608. The van der Waals surface area contributed by atoms with Crippen LogP contribution in [0.2, 0.25) is 0 Å². The standard InChI is InChI=1S/C5H12N2/c1-2-4-7-5-3-6/h3,5,7H,2,4,6H2,1H3/b5-3+. The highest BCUT2D eigenvalue weighted by molar-refractivity contribution is 4.71. The van der Waals surface area contributed by atoms with Crippen molar-refractivity contribution in [3.05, 3.63) is 12.4 Å². The minimum Gasteiger partial charge on any atom is -0.403 e. The summed E-state index contributed by atoms with van der Waals surface area (Å²) in [5.41, 5.74) is 5.03. The minimum absolute atomic E-state index is 1.01. The van der Waals surface area contributed by atoms with E-state index in [2.05, 4.69) is 12.2 Å². The van der Waals surface area contributed by atoms with Gasteiger partial charge in [-0.2, -0.15) is 0 Å². The molecule has 7 heavy (non-hydrogen) atoms. The quantitative estimate of drug-likeness (QED) is 0.504. The lowest BCUT2D eigenvalue weighted by atomic mass is 10.5. The highest BCUT2D eigenvalue weighted by Gasteiger charge is 1.68. The first kappa shape index (κ1) is 6.34. The second-order valence-corrected chi connectivity index (χ2v) is 1.31. The predicted octanol–water partition coefficient (Wildman–Crippen LogP) is 0.416. The van der Waals surface area contributed by atoms with Crippen LogP contribution in [-0.2, 0) is 0 Å². The van der Waals surface area contributed by atoms with Gasteiger partial charge in [0.15, 0.2) is 0 Å². The van der Waals surface area contributed by atoms with Gasteiger partial charge in [0.05, 0.1) is 0 Å². The zero-order valence-electron chi connectivity index (χ0n) is 4.65. The van der Waals surface area contributed by atoms with Crippen molar-refractivity contribution in [1.29, 1.82) is 0 Å². The van der Waals surface area contributed by atoms with E-state index in [0.717, 1.165) is 13.0 Å². The number of rotatable bonds is 3. The first-order valence-corrected chi connectivity index (χ1v) is 2.52. The van der Waals surface area contributed by atoms with Gasteiger partial charge >= 0.3 is 0 Å². The highest BCUT2D eigenvalue weighted by Crippen LogP contribution is 1.66. The fourth-order valence-corrected chi connectivity index (χ4v) is 0.296. The summed E-state index contributed by atoms with van der Waals surface area (Å²) in [6.45, 7) is 3.12. The van der Waals surface area contributed by atoms with Gasteiger partial charge in [-0.15, -0.1) is 0 Å². The molecule has 0 unspecified atom stereocenters. The van der Waals surface area contributed by atoms with E-state index in [1.807, 2.05) is 0 Å². The third-order valence-electron chi connectivity index (χ3n) is 0.608. The van der Waals surface area contributed by atoms with E-state index >= 15 is 0 Å². The Morgan fingerprint density at radius 2 is 2.43 bits per heavy atom. The fraction of sp³-hybridized carbons (Fsp3) is 0.600. The van der Waals surface area contributed by atoms with E-state index in [0.29, 0.717) is 0 Å². The largest absolute Gasteiger partial charge is 0.403 e. The third kappa shape index (κ3) is 5.34. The van der Waals surface area contributed by atoms with Gasteiger partial charge in [-0.25, -0.2) is 0 Å². The maximum absolute atomic E-state index is 5.03. The molecule has 0 aliphatic rings. The van der Waals surface area contributed by atoms with Crippen LogP contribution in [0.25, 0.3) is 0 Å². The molecule has 0 bridgehead atoms. The van der Waals surface area contributed by atoms with Gasteiger partial charge in [-0.1, -0.05) is 6.92 Å². The molecule has 0 aromatic heterocycles. The van der Waals surface area contributed by atoms with Crippen molar-refractivity contribution in [3.63, 3.8) is 0 Å². The minimum atomic E-state index is 1.01. The van der Waals surface area contributed by atoms with Gasteiger partial charge in [0.25, 0.3) is 0 Å². The SMILES string of the molecule is CCCN/C=C/N. The Kier molecular flexibility index (Phi) is 4.84. The van der Waals surface area contributed by atoms with Crippen LogP contribution in [0.3, 0.4) is 0 Å². The molecule has 0 aromatic rings. The van der Waals surface area contributed by atoms with E-state index in [1.165, 1.54) is 6.20 Å². The molecule has 0 amide bonds. The highest BCUT2D eigenvalue weighted by atomic mass is 14.8. The smallest absolute Gasteiger partial charge is 0.0139 e. The molecule has 0 saturated heterocycles. The van der Waals surface area contributed by atoms with Crippen molar-refractivity contribution >= 4 is 0 Å². The first-order chi connectivity index (χ1) is 3.41. The molecule has 2 heteroatoms. The molecular formula is C5H12N2. The van der Waals surface area contributed by atoms with Crippen LogP contribution in [0.5, 0.6) is 0 Å². The molecule has 0 heterocycles. The lowest BCUT2D eigenvalue weighted by Gasteiger charge is -1.91. The lowest BCUT2D eigenvalue weighted by molar-refractivity contribution is 0.808. The van der Waals surface area contributed by atoms with Crippen molar-refractivity contribution in [2.75, 3.05) is 6.54 Å². The second kappa shape index (κ2) is 5.34. The summed E-state index contributed by atoms with van der Waals surface area (Å²) in [5.74, 6) is 0. The average Bonchev–Trinajstić information content (AvgIpc) is 1.69. The Labute approximate surface area is 44.4 Å². The Bertz CT molecular complexity index is 50.0. The van der Waals surface area contributed by atoms with Crippen molar-refractivity contribution in [2.24, 2.45) is 5.73 Å². The topological polar surface area (TPSA) is 38.0 Å². The molecule has 0 aromatic carbocycles. The van der Waals surface area contributed by atoms with Crippen LogP contribution in [0, 0.1) is 0 Å². The summed E-state index contributed by atoms with van der Waals surface area (Å²) >= 11 is 0. The summed E-state index contributed by atoms with van der Waals surface area (Å²) in [4.78, 5) is 0. The Morgan fingerprint density at radius 3 is 2.86 bits per heavy atom. The van der Waals surface area contributed by atoms with E-state index in [4.69, 9.17) is 5.73 Å². The zero-order chi connectivity index (χ0) is 5.54. The van der Waals surface area contributed by atoms with E-state index in [-0.39, 0.29) is 0 Å². The van der Waals surface area contributed by atoms with E-state index in [1.54, 1.807) is 6.20 Å². The van der Waals surface area contributed by atoms with Gasteiger partial charge in [0, 0.05) is 18.9 Å². The first-order valence-electron chi connectivity index (χ1n) is 2.52. The van der Waals surface area contributed by atoms with E-state index in [9.17, 15) is 0 Å². The van der Waals surface area contributed by atoms with Crippen LogP contribution in [0.15, 0.2) is 12.4 Å². The summed E-state index contributed by atoms with van der Waals surface area (Å²) in [6.07, 6.45) is 4.38. The maximum Gasteiger partial charge on any atom is 0.0139 e. The molecule has 42 valence electrons. The van der Waals surface area contributed by atoms with Crippen LogP contribution >= 0.6 is 0 Å². The normalized spacial score (nSPS) is 9.86. The average molecular weight is 100 g/mol. The number of nitrogens with two attached hydrogens (primary N) is 1. The molecule has 0 fully saturated rings. The number of hydrogen-bond donors (Lipinski definition) is 2. The Hall–Kier alpha value is -0.660. The van der Waals surface area contributed by atoms with Gasteiger partial charge in [-0.3, -0.25) is 0 Å². The number of hydrogen-bond acceptors (Lipinski definition) is 2. The summed E-state index contributed by atoms with van der Waals surface area (Å²) in [5, 5.41) is 2.98. The lowest BCUT2D eigenvalue weighted by Crippen LogP contribution is -2.05. The van der Waals surface area contributed by atoms with Gasteiger partial charge < -0.3 is 11.1 Å². The van der Waals surface area contributed by atoms with Gasteiger partial charge in [0.1, 0.15) is 0 Å². The molecule has 0 aliphatic heterocycles. The Morgan fingerprint density at radius 1 is 1.71 bits per heavy atom. The monoisotopic (exact) mass is 100 g/mol. The number of nitrogens with one attached hydrogen (secondary N) is 1. The van der Waals surface area contributed by atoms with Crippen molar-refractivity contribution < 1.29 is 0 Å². The van der Waals surface area contributed by atoms with Crippen molar-refractivity contribution in [1.82, 2.24) is 5.32 Å². The van der Waals surface area contributed by atoms with Crippen LogP contribution in [-0.4, -0.2) is 6.54 Å². The van der Waals surface area contributed by atoms with Crippen LogP contribution in [0.4, 0.5) is 0 Å². The molecule has 0 radical (unpaired) electrons. The van der Waals surface area contributed by atoms with Crippen molar-refractivity contribution in [3.8, 4) is 0 Å². The molecule has 0 rings (SSSR count). The predicted molar refractivity (Wildman–Crippen MR) is 31.6 cm³/mol. The molecule has 0 spiro atoms. The summed E-state index contributed by atoms with van der Waals surface area (Å²) in [7, 11) is 0. The molecular weight excluding hydrogens is 88.1 g/mol. The van der Waals surface area contributed by atoms with Crippen LogP contribution in [0.1, 0.15) is 13.3 Å². The molecule has 0 saturated carbocycles. The Balaban J connectivity index is 2.69. The molecule has 3 N–H and O–H groups in total. The second-order valence-electron chi connectivity index (χ2n) is 1.31. The molecule has 2 nitrogen and oxygen atoms in total. The van der Waals surface area contributed by atoms with Gasteiger partial charge in [-0.05, 0) is 6.42 Å². The maximum atomic E-state index is 5.03. The fourth-order valence-electron chi connectivity index (χ4n) is 0.296. The van der Waals surface area contributed by atoms with E-state index < -0.39 is 0 Å². The van der Waals surface area contributed by atoms with Gasteiger partial charge in [0.2, 0.25) is 0 Å². The van der Waals surface area contributed by atoms with Crippen molar-refractivity contribution in [2.45, 2.75) is 13.3 Å².